The maximum Gasteiger partial charge on any atom is 0.312 e. The van der Waals surface area contributed by atoms with Crippen molar-refractivity contribution in [1.29, 1.82) is 0 Å². The zero-order valence-electron chi connectivity index (χ0n) is 5.81. The third-order valence-electron chi connectivity index (χ3n) is 1.78. The van der Waals surface area contributed by atoms with E-state index in [-0.39, 0.29) is 6.42 Å². The highest BCUT2D eigenvalue weighted by Crippen LogP contribution is 2.29. The maximum absolute atomic E-state index is 12.7. The molecule has 0 aromatic carbocycles. The van der Waals surface area contributed by atoms with Crippen LogP contribution in [0.3, 0.4) is 0 Å². The lowest BCUT2D eigenvalue weighted by molar-refractivity contribution is -0.159. The third-order valence-corrected chi connectivity index (χ3v) is 1.78. The molecule has 1 fully saturated rings. The van der Waals surface area contributed by atoms with Gasteiger partial charge in [-0.3, -0.25) is 4.79 Å². The Morgan fingerprint density at radius 1 is 1.64 bits per heavy atom. The van der Waals surface area contributed by atoms with Crippen LogP contribution in [-0.2, 0) is 4.79 Å². The van der Waals surface area contributed by atoms with Gasteiger partial charge >= 0.3 is 5.97 Å². The number of hydrogen-bond donors (Lipinski definition) is 2. The average molecular weight is 165 g/mol. The zero-order chi connectivity index (χ0) is 8.48. The highest BCUT2D eigenvalue weighted by Gasteiger charge is 2.45. The molecule has 11 heavy (non-hydrogen) atoms. The topological polar surface area (TPSA) is 49.3 Å². The van der Waals surface area contributed by atoms with Crippen LogP contribution in [0.25, 0.3) is 0 Å². The molecule has 0 unspecified atom stereocenters. The molecule has 64 valence electrons. The maximum atomic E-state index is 12.7. The van der Waals surface area contributed by atoms with Crippen molar-refractivity contribution in [3.05, 3.63) is 0 Å². The normalized spacial score (nSPS) is 29.8. The molecule has 0 radical (unpaired) electrons. The van der Waals surface area contributed by atoms with Gasteiger partial charge in [-0.2, -0.15) is 0 Å². The van der Waals surface area contributed by atoms with E-state index in [4.69, 9.17) is 5.11 Å². The van der Waals surface area contributed by atoms with Crippen molar-refractivity contribution in [2.45, 2.75) is 12.3 Å². The van der Waals surface area contributed by atoms with Crippen LogP contribution in [0.1, 0.15) is 6.42 Å². The van der Waals surface area contributed by atoms with Crippen LogP contribution in [0.2, 0.25) is 0 Å². The summed E-state index contributed by atoms with van der Waals surface area (Å²) in [6, 6.07) is 0. The largest absolute Gasteiger partial charge is 0.481 e. The molecule has 1 aliphatic rings. The van der Waals surface area contributed by atoms with E-state index in [9.17, 15) is 13.6 Å². The number of carboxylic acid groups (broad SMARTS) is 1. The molecule has 1 rings (SSSR count). The fourth-order valence-electron chi connectivity index (χ4n) is 1.14. The van der Waals surface area contributed by atoms with E-state index in [0.29, 0.717) is 6.54 Å². The molecular weight excluding hydrogens is 156 g/mol. The minimum absolute atomic E-state index is 0.00231. The van der Waals surface area contributed by atoms with Gasteiger partial charge in [-0.1, -0.05) is 0 Å². The number of carbonyl (C=O) groups is 1. The van der Waals surface area contributed by atoms with Crippen LogP contribution < -0.4 is 5.32 Å². The summed E-state index contributed by atoms with van der Waals surface area (Å²) in [4.78, 5) is 10.3. The number of nitrogens with one attached hydrogen (secondary N) is 1. The van der Waals surface area contributed by atoms with Gasteiger partial charge in [0.15, 0.2) is 0 Å². The van der Waals surface area contributed by atoms with E-state index in [2.05, 4.69) is 5.32 Å². The molecular formula is C6H9F2NO2. The van der Waals surface area contributed by atoms with Crippen LogP contribution in [-0.4, -0.2) is 30.1 Å². The number of aliphatic carboxylic acids is 1. The molecule has 0 aliphatic carbocycles. The summed E-state index contributed by atoms with van der Waals surface area (Å²) in [7, 11) is 0. The summed E-state index contributed by atoms with van der Waals surface area (Å²) in [5.74, 6) is -6.01. The van der Waals surface area contributed by atoms with Crippen molar-refractivity contribution in [2.24, 2.45) is 5.92 Å². The van der Waals surface area contributed by atoms with Crippen LogP contribution >= 0.6 is 0 Å². The molecule has 1 saturated heterocycles. The van der Waals surface area contributed by atoms with Gasteiger partial charge in [0.25, 0.3) is 5.92 Å². The van der Waals surface area contributed by atoms with Crippen molar-refractivity contribution < 1.29 is 18.7 Å². The summed E-state index contributed by atoms with van der Waals surface area (Å²) in [5.41, 5.74) is 0. The first-order valence-electron chi connectivity index (χ1n) is 3.35. The van der Waals surface area contributed by atoms with E-state index < -0.39 is 24.4 Å². The second kappa shape index (κ2) is 2.73. The number of piperidine rings is 1. The van der Waals surface area contributed by atoms with Gasteiger partial charge < -0.3 is 10.4 Å². The Hall–Kier alpha value is -0.710. The highest BCUT2D eigenvalue weighted by molar-refractivity contribution is 5.71. The zero-order valence-corrected chi connectivity index (χ0v) is 5.81. The standard InChI is InChI=1S/C6H9F2NO2/c7-6(8)3-9-2-1-4(6)5(10)11/h4,9H,1-3H2,(H,10,11)/t4-/m1/s1. The minimum Gasteiger partial charge on any atom is -0.481 e. The fraction of sp³-hybridized carbons (Fsp3) is 0.833. The van der Waals surface area contributed by atoms with E-state index in [1.54, 1.807) is 0 Å². The van der Waals surface area contributed by atoms with Crippen LogP contribution in [0.15, 0.2) is 0 Å². The molecule has 2 N–H and O–H groups in total. The summed E-state index contributed by atoms with van der Waals surface area (Å²) < 4.78 is 25.4. The minimum atomic E-state index is -3.09. The number of carboxylic acids is 1. The number of halogens is 2. The summed E-state index contributed by atoms with van der Waals surface area (Å²) >= 11 is 0. The van der Waals surface area contributed by atoms with Gasteiger partial charge in [0.1, 0.15) is 5.92 Å². The second-order valence-corrected chi connectivity index (χ2v) is 2.62. The van der Waals surface area contributed by atoms with Crippen LogP contribution in [0.4, 0.5) is 8.78 Å². The van der Waals surface area contributed by atoms with Crippen molar-refractivity contribution in [2.75, 3.05) is 13.1 Å². The molecule has 0 aromatic rings. The molecule has 0 spiro atoms. The Labute approximate surface area is 62.4 Å². The molecule has 0 aromatic heterocycles. The fourth-order valence-corrected chi connectivity index (χ4v) is 1.14. The summed E-state index contributed by atoms with van der Waals surface area (Å²) in [6.07, 6.45) is 0.00231. The molecule has 0 saturated carbocycles. The molecule has 0 bridgehead atoms. The lowest BCUT2D eigenvalue weighted by Gasteiger charge is -2.28. The van der Waals surface area contributed by atoms with E-state index >= 15 is 0 Å². The SMILES string of the molecule is O=C(O)[C@H]1CCNCC1(F)F. The van der Waals surface area contributed by atoms with Gasteiger partial charge in [0.05, 0.1) is 6.54 Å². The first kappa shape index (κ1) is 8.39. The Morgan fingerprint density at radius 2 is 2.27 bits per heavy atom. The van der Waals surface area contributed by atoms with E-state index in [1.165, 1.54) is 0 Å². The van der Waals surface area contributed by atoms with Crippen LogP contribution in [0.5, 0.6) is 0 Å². The van der Waals surface area contributed by atoms with E-state index in [0.717, 1.165) is 0 Å². The first-order chi connectivity index (χ1) is 5.04. The first-order valence-corrected chi connectivity index (χ1v) is 3.35. The molecule has 1 aliphatic heterocycles. The van der Waals surface area contributed by atoms with E-state index in [1.807, 2.05) is 0 Å². The highest BCUT2D eigenvalue weighted by atomic mass is 19.3. The lowest BCUT2D eigenvalue weighted by Crippen LogP contribution is -2.49. The number of hydrogen-bond acceptors (Lipinski definition) is 2. The Balaban J connectivity index is 2.67. The predicted molar refractivity (Wildman–Crippen MR) is 33.6 cm³/mol. The molecule has 0 amide bonds. The number of rotatable bonds is 1. The lowest BCUT2D eigenvalue weighted by atomic mass is 9.94. The van der Waals surface area contributed by atoms with Gasteiger partial charge in [-0.05, 0) is 13.0 Å². The predicted octanol–water partition coefficient (Wildman–Crippen LogP) is 0.316. The molecule has 1 atom stereocenters. The Bertz CT molecular complexity index is 172. The third kappa shape index (κ3) is 1.65. The van der Waals surface area contributed by atoms with Gasteiger partial charge in [0, 0.05) is 0 Å². The molecule has 3 nitrogen and oxygen atoms in total. The molecule has 5 heteroatoms. The summed E-state index contributed by atoms with van der Waals surface area (Å²) in [6.45, 7) is -0.170. The summed E-state index contributed by atoms with van der Waals surface area (Å²) in [5, 5.41) is 10.8. The molecule has 1 heterocycles. The van der Waals surface area contributed by atoms with Crippen molar-refractivity contribution in [3.8, 4) is 0 Å². The van der Waals surface area contributed by atoms with Gasteiger partial charge in [0.2, 0.25) is 0 Å². The van der Waals surface area contributed by atoms with Crippen molar-refractivity contribution >= 4 is 5.97 Å². The van der Waals surface area contributed by atoms with Gasteiger partial charge in [-0.15, -0.1) is 0 Å². The van der Waals surface area contributed by atoms with Gasteiger partial charge in [-0.25, -0.2) is 8.78 Å². The second-order valence-electron chi connectivity index (χ2n) is 2.62. The smallest absolute Gasteiger partial charge is 0.312 e. The van der Waals surface area contributed by atoms with Crippen molar-refractivity contribution in [1.82, 2.24) is 5.32 Å². The average Bonchev–Trinajstić information content (AvgIpc) is 1.85. The monoisotopic (exact) mass is 165 g/mol. The quantitative estimate of drug-likeness (QED) is 0.588. The Morgan fingerprint density at radius 3 is 2.64 bits per heavy atom. The van der Waals surface area contributed by atoms with Crippen LogP contribution in [0, 0.1) is 5.92 Å². The van der Waals surface area contributed by atoms with Crippen molar-refractivity contribution in [3.63, 3.8) is 0 Å². The Kier molecular flexibility index (Phi) is 2.08. The number of alkyl halides is 2.